The van der Waals surface area contributed by atoms with Gasteiger partial charge in [-0.25, -0.2) is 4.98 Å². The van der Waals surface area contributed by atoms with Gasteiger partial charge in [-0.3, -0.25) is 4.79 Å². The Bertz CT molecular complexity index is 664. The molecule has 0 aliphatic carbocycles. The van der Waals surface area contributed by atoms with Crippen molar-refractivity contribution in [2.24, 2.45) is 0 Å². The van der Waals surface area contributed by atoms with Crippen molar-refractivity contribution in [3.05, 3.63) is 53.9 Å². The lowest BCUT2D eigenvalue weighted by atomic mass is 10.2. The van der Waals surface area contributed by atoms with Crippen LogP contribution in [-0.4, -0.2) is 30.1 Å². The number of pyridine rings is 1. The molecule has 120 valence electrons. The number of carbonyl (C=O) groups excluding carboxylic acids is 1. The average molecular weight is 311 g/mol. The minimum Gasteiger partial charge on any atom is -0.376 e. The number of amides is 1. The topological polar surface area (TPSA) is 63.2 Å². The van der Waals surface area contributed by atoms with Crippen LogP contribution in [0.15, 0.2) is 42.6 Å². The van der Waals surface area contributed by atoms with Gasteiger partial charge in [0, 0.05) is 18.8 Å². The Morgan fingerprint density at radius 3 is 2.91 bits per heavy atom. The summed E-state index contributed by atoms with van der Waals surface area (Å²) in [6, 6.07) is 11.7. The van der Waals surface area contributed by atoms with Crippen molar-refractivity contribution in [3.63, 3.8) is 0 Å². The molecule has 1 atom stereocenters. The SMILES string of the molecule is Cc1cccc(Nc2ccc(C(=O)NCC3CCCO3)nc2)c1. The predicted molar refractivity (Wildman–Crippen MR) is 90.0 cm³/mol. The van der Waals surface area contributed by atoms with Crippen molar-refractivity contribution >= 4 is 17.3 Å². The second-order valence-corrected chi connectivity index (χ2v) is 5.77. The van der Waals surface area contributed by atoms with E-state index in [1.165, 1.54) is 5.56 Å². The standard InChI is InChI=1S/C18H21N3O2/c1-13-4-2-5-14(10-13)21-15-7-8-17(19-11-15)18(22)20-12-16-6-3-9-23-16/h2,4-5,7-8,10-11,16,21H,3,6,9,12H2,1H3,(H,20,22). The van der Waals surface area contributed by atoms with Crippen molar-refractivity contribution < 1.29 is 9.53 Å². The zero-order chi connectivity index (χ0) is 16.1. The minimum atomic E-state index is -0.164. The van der Waals surface area contributed by atoms with Crippen LogP contribution >= 0.6 is 0 Å². The van der Waals surface area contributed by atoms with Crippen LogP contribution in [0.4, 0.5) is 11.4 Å². The first-order valence-corrected chi connectivity index (χ1v) is 7.90. The number of aryl methyl sites for hydroxylation is 1. The second-order valence-electron chi connectivity index (χ2n) is 5.77. The molecule has 2 N–H and O–H groups in total. The van der Waals surface area contributed by atoms with Crippen LogP contribution in [0, 0.1) is 6.92 Å². The van der Waals surface area contributed by atoms with Gasteiger partial charge in [0.2, 0.25) is 0 Å². The van der Waals surface area contributed by atoms with E-state index in [1.807, 2.05) is 31.2 Å². The molecule has 1 fully saturated rings. The van der Waals surface area contributed by atoms with Gasteiger partial charge >= 0.3 is 0 Å². The molecule has 5 nitrogen and oxygen atoms in total. The summed E-state index contributed by atoms with van der Waals surface area (Å²) in [5.41, 5.74) is 3.46. The van der Waals surface area contributed by atoms with Crippen LogP contribution in [0.1, 0.15) is 28.9 Å². The lowest BCUT2D eigenvalue weighted by Crippen LogP contribution is -2.32. The normalized spacial score (nSPS) is 17.0. The van der Waals surface area contributed by atoms with Gasteiger partial charge in [0.25, 0.3) is 5.91 Å². The van der Waals surface area contributed by atoms with Crippen LogP contribution in [0.3, 0.4) is 0 Å². The number of rotatable bonds is 5. The van der Waals surface area contributed by atoms with Crippen LogP contribution < -0.4 is 10.6 Å². The first kappa shape index (κ1) is 15.5. The number of benzene rings is 1. The smallest absolute Gasteiger partial charge is 0.269 e. The lowest BCUT2D eigenvalue weighted by molar-refractivity contribution is 0.0854. The molecule has 1 saturated heterocycles. The molecule has 2 aromatic rings. The molecule has 23 heavy (non-hydrogen) atoms. The number of carbonyl (C=O) groups is 1. The highest BCUT2D eigenvalue weighted by Gasteiger charge is 2.17. The van der Waals surface area contributed by atoms with E-state index in [4.69, 9.17) is 4.74 Å². The number of aromatic nitrogens is 1. The first-order chi connectivity index (χ1) is 11.2. The highest BCUT2D eigenvalue weighted by Crippen LogP contribution is 2.17. The van der Waals surface area contributed by atoms with Gasteiger partial charge in [-0.1, -0.05) is 12.1 Å². The van der Waals surface area contributed by atoms with Gasteiger partial charge in [-0.2, -0.15) is 0 Å². The van der Waals surface area contributed by atoms with Crippen molar-refractivity contribution in [2.45, 2.75) is 25.9 Å². The number of nitrogens with one attached hydrogen (secondary N) is 2. The molecule has 0 radical (unpaired) electrons. The minimum absolute atomic E-state index is 0.140. The van der Waals surface area contributed by atoms with Gasteiger partial charge in [0.05, 0.1) is 18.0 Å². The third-order valence-electron chi connectivity index (χ3n) is 3.82. The van der Waals surface area contributed by atoms with Crippen molar-refractivity contribution in [2.75, 3.05) is 18.5 Å². The predicted octanol–water partition coefficient (Wildman–Crippen LogP) is 3.04. The molecule has 1 amide bonds. The van der Waals surface area contributed by atoms with Crippen molar-refractivity contribution in [1.29, 1.82) is 0 Å². The fraction of sp³-hybridized carbons (Fsp3) is 0.333. The summed E-state index contributed by atoms with van der Waals surface area (Å²) >= 11 is 0. The Balaban J connectivity index is 1.56. The molecule has 1 aliphatic heterocycles. The average Bonchev–Trinajstić information content (AvgIpc) is 3.07. The molecule has 0 saturated carbocycles. The second kappa shape index (κ2) is 7.24. The van der Waals surface area contributed by atoms with E-state index in [2.05, 4.69) is 21.7 Å². The third kappa shape index (κ3) is 4.29. The molecule has 0 bridgehead atoms. The van der Waals surface area contributed by atoms with E-state index in [-0.39, 0.29) is 12.0 Å². The molecule has 1 aliphatic rings. The molecule has 5 heteroatoms. The van der Waals surface area contributed by atoms with E-state index in [0.717, 1.165) is 30.8 Å². The van der Waals surface area contributed by atoms with Crippen LogP contribution in [0.25, 0.3) is 0 Å². The highest BCUT2D eigenvalue weighted by atomic mass is 16.5. The number of hydrogen-bond donors (Lipinski definition) is 2. The number of ether oxygens (including phenoxy) is 1. The Morgan fingerprint density at radius 1 is 1.30 bits per heavy atom. The summed E-state index contributed by atoms with van der Waals surface area (Å²) < 4.78 is 5.49. The molecule has 0 spiro atoms. The summed E-state index contributed by atoms with van der Waals surface area (Å²) in [6.45, 7) is 3.38. The van der Waals surface area contributed by atoms with Gasteiger partial charge in [0.15, 0.2) is 0 Å². The summed E-state index contributed by atoms with van der Waals surface area (Å²) in [5.74, 6) is -0.164. The Labute approximate surface area is 136 Å². The zero-order valence-corrected chi connectivity index (χ0v) is 13.2. The summed E-state index contributed by atoms with van der Waals surface area (Å²) in [4.78, 5) is 16.3. The zero-order valence-electron chi connectivity index (χ0n) is 13.2. The van der Waals surface area contributed by atoms with E-state index in [0.29, 0.717) is 12.2 Å². The number of nitrogens with zero attached hydrogens (tertiary/aromatic N) is 1. The quantitative estimate of drug-likeness (QED) is 0.891. The molecule has 1 unspecified atom stereocenters. The third-order valence-corrected chi connectivity index (χ3v) is 3.82. The Hall–Kier alpha value is -2.40. The fourth-order valence-electron chi connectivity index (χ4n) is 2.59. The lowest BCUT2D eigenvalue weighted by Gasteiger charge is -2.11. The van der Waals surface area contributed by atoms with Crippen molar-refractivity contribution in [1.82, 2.24) is 10.3 Å². The maximum absolute atomic E-state index is 12.1. The van der Waals surface area contributed by atoms with Crippen LogP contribution in [-0.2, 0) is 4.74 Å². The summed E-state index contributed by atoms with van der Waals surface area (Å²) in [5, 5.41) is 6.14. The van der Waals surface area contributed by atoms with E-state index < -0.39 is 0 Å². The van der Waals surface area contributed by atoms with Gasteiger partial charge in [-0.15, -0.1) is 0 Å². The molecule has 1 aromatic carbocycles. The summed E-state index contributed by atoms with van der Waals surface area (Å²) in [7, 11) is 0. The van der Waals surface area contributed by atoms with Gasteiger partial charge in [-0.05, 0) is 49.6 Å². The molecule has 1 aromatic heterocycles. The van der Waals surface area contributed by atoms with Crippen LogP contribution in [0.2, 0.25) is 0 Å². The van der Waals surface area contributed by atoms with E-state index in [9.17, 15) is 4.79 Å². The van der Waals surface area contributed by atoms with Gasteiger partial charge in [0.1, 0.15) is 5.69 Å². The summed E-state index contributed by atoms with van der Waals surface area (Å²) in [6.07, 6.45) is 3.88. The highest BCUT2D eigenvalue weighted by molar-refractivity contribution is 5.92. The van der Waals surface area contributed by atoms with E-state index in [1.54, 1.807) is 12.3 Å². The van der Waals surface area contributed by atoms with Crippen LogP contribution in [0.5, 0.6) is 0 Å². The Morgan fingerprint density at radius 2 is 2.22 bits per heavy atom. The monoisotopic (exact) mass is 311 g/mol. The molecule has 2 heterocycles. The molecular weight excluding hydrogens is 290 g/mol. The van der Waals surface area contributed by atoms with Gasteiger partial charge < -0.3 is 15.4 Å². The molecular formula is C18H21N3O2. The maximum atomic E-state index is 12.1. The first-order valence-electron chi connectivity index (χ1n) is 7.90. The number of anilines is 2. The largest absolute Gasteiger partial charge is 0.376 e. The maximum Gasteiger partial charge on any atom is 0.269 e. The van der Waals surface area contributed by atoms with Crippen molar-refractivity contribution in [3.8, 4) is 0 Å². The molecule has 3 rings (SSSR count). The van der Waals surface area contributed by atoms with E-state index >= 15 is 0 Å². The Kier molecular flexibility index (Phi) is 4.88. The fourth-order valence-corrected chi connectivity index (χ4v) is 2.59. The number of hydrogen-bond acceptors (Lipinski definition) is 4.